The summed E-state index contributed by atoms with van der Waals surface area (Å²) >= 11 is 17.9. The number of hydrogen-bond donors (Lipinski definition) is 1. The van der Waals surface area contributed by atoms with Crippen LogP contribution in [0.5, 0.6) is 5.75 Å². The second-order valence-electron chi connectivity index (χ2n) is 6.44. The zero-order valence-corrected chi connectivity index (χ0v) is 17.6. The minimum Gasteiger partial charge on any atom is -0.473 e. The summed E-state index contributed by atoms with van der Waals surface area (Å²) in [6.07, 6.45) is 0.918. The lowest BCUT2D eigenvalue weighted by Crippen LogP contribution is -2.24. The average Bonchev–Trinajstić information content (AvgIpc) is 2.57. The van der Waals surface area contributed by atoms with Crippen molar-refractivity contribution < 1.29 is 29.0 Å². The molecular formula is C18H21Cl3O6. The third-order valence-electron chi connectivity index (χ3n) is 4.24. The molecule has 1 aromatic carbocycles. The van der Waals surface area contributed by atoms with Crippen LogP contribution in [0, 0.1) is 17.8 Å². The second-order valence-corrected chi connectivity index (χ2v) is 7.64. The van der Waals surface area contributed by atoms with E-state index in [-0.39, 0.29) is 27.6 Å². The van der Waals surface area contributed by atoms with E-state index in [2.05, 4.69) is 20.8 Å². The topological polar surface area (TPSA) is 89.9 Å². The molecule has 1 rings (SSSR count). The Kier molecular flexibility index (Phi) is 8.85. The van der Waals surface area contributed by atoms with Gasteiger partial charge in [-0.2, -0.15) is 0 Å². The Balaban J connectivity index is 3.14. The fourth-order valence-electron chi connectivity index (χ4n) is 2.93. The quantitative estimate of drug-likeness (QED) is 0.275. The zero-order chi connectivity index (χ0) is 20.9. The highest BCUT2D eigenvalue weighted by atomic mass is 35.5. The van der Waals surface area contributed by atoms with Gasteiger partial charge in [-0.25, -0.2) is 14.4 Å². The molecule has 1 aromatic rings. The Morgan fingerprint density at radius 2 is 1.70 bits per heavy atom. The molecule has 27 heavy (non-hydrogen) atoms. The first-order valence-corrected chi connectivity index (χ1v) is 9.44. The predicted molar refractivity (Wildman–Crippen MR) is 103 cm³/mol. The number of esters is 2. The maximum absolute atomic E-state index is 12.6. The summed E-state index contributed by atoms with van der Waals surface area (Å²) in [6.45, 7) is 8.29. The summed E-state index contributed by atoms with van der Waals surface area (Å²) in [5.41, 5.74) is -0.395. The molecule has 150 valence electrons. The fraction of sp³-hybridized carbons (Fsp3) is 0.500. The van der Waals surface area contributed by atoms with Crippen LogP contribution in [0.15, 0.2) is 6.07 Å². The van der Waals surface area contributed by atoms with Crippen molar-refractivity contribution in [3.8, 4) is 5.75 Å². The highest BCUT2D eigenvalue weighted by molar-refractivity contribution is 6.46. The van der Waals surface area contributed by atoms with Crippen molar-refractivity contribution in [1.82, 2.24) is 0 Å². The molecule has 0 fully saturated rings. The summed E-state index contributed by atoms with van der Waals surface area (Å²) < 4.78 is 10.0. The van der Waals surface area contributed by atoms with E-state index in [1.807, 2.05) is 6.92 Å². The monoisotopic (exact) mass is 438 g/mol. The number of hydrogen-bond acceptors (Lipinski definition) is 5. The van der Waals surface area contributed by atoms with E-state index in [1.165, 1.54) is 0 Å². The normalized spacial score (nSPS) is 13.2. The molecule has 9 heteroatoms. The first-order valence-electron chi connectivity index (χ1n) is 8.30. The van der Waals surface area contributed by atoms with E-state index in [9.17, 15) is 14.4 Å². The van der Waals surface area contributed by atoms with Gasteiger partial charge in [-0.05, 0) is 23.8 Å². The summed E-state index contributed by atoms with van der Waals surface area (Å²) in [4.78, 5) is 34.7. The summed E-state index contributed by atoms with van der Waals surface area (Å²) in [7, 11) is 0. The molecular weight excluding hydrogens is 419 g/mol. The Hall–Kier alpha value is -1.50. The van der Waals surface area contributed by atoms with E-state index in [0.29, 0.717) is 11.8 Å². The molecule has 0 bridgehead atoms. The molecule has 2 unspecified atom stereocenters. The lowest BCUT2D eigenvalue weighted by atomic mass is 9.83. The van der Waals surface area contributed by atoms with Crippen LogP contribution in [0.25, 0.3) is 0 Å². The van der Waals surface area contributed by atoms with E-state index in [0.717, 1.165) is 12.5 Å². The molecule has 0 aliphatic carbocycles. The van der Waals surface area contributed by atoms with Crippen molar-refractivity contribution >= 4 is 52.7 Å². The summed E-state index contributed by atoms with van der Waals surface area (Å²) in [5, 5.41) is 8.16. The standard InChI is InChI=1S/C18H21Cl3O6/c1-5-10(8(2)3)9(4)7-26-17(24)13-14(21)11(19)6-12(20)15(13)27-18(25)16(22)23/h6,8-10H,5,7H2,1-4H3,(H,22,23). The van der Waals surface area contributed by atoms with Crippen LogP contribution in [0.3, 0.4) is 0 Å². The molecule has 2 atom stereocenters. The van der Waals surface area contributed by atoms with Gasteiger partial charge in [0.2, 0.25) is 0 Å². The molecule has 0 spiro atoms. The SMILES string of the molecule is CCC(C(C)C)C(C)COC(=O)c1c(Cl)c(Cl)cc(Cl)c1OC(=O)C(=O)O. The van der Waals surface area contributed by atoms with Crippen LogP contribution in [0.2, 0.25) is 15.1 Å². The maximum Gasteiger partial charge on any atom is 0.422 e. The number of benzene rings is 1. The average molecular weight is 440 g/mol. The highest BCUT2D eigenvalue weighted by Crippen LogP contribution is 2.40. The van der Waals surface area contributed by atoms with Crippen LogP contribution in [-0.4, -0.2) is 29.6 Å². The van der Waals surface area contributed by atoms with Gasteiger partial charge in [-0.1, -0.05) is 68.9 Å². The largest absolute Gasteiger partial charge is 0.473 e. The number of ether oxygens (including phenoxy) is 2. The Labute approximate surface area is 172 Å². The lowest BCUT2D eigenvalue weighted by Gasteiger charge is -2.26. The van der Waals surface area contributed by atoms with Crippen molar-refractivity contribution in [2.24, 2.45) is 17.8 Å². The molecule has 0 aromatic heterocycles. The molecule has 6 nitrogen and oxygen atoms in total. The predicted octanol–water partition coefficient (Wildman–Crippen LogP) is 5.11. The number of carbonyl (C=O) groups is 3. The smallest absolute Gasteiger partial charge is 0.422 e. The van der Waals surface area contributed by atoms with Crippen LogP contribution in [0.4, 0.5) is 0 Å². The molecule has 0 aliphatic heterocycles. The second kappa shape index (κ2) is 10.2. The summed E-state index contributed by atoms with van der Waals surface area (Å²) in [6, 6.07) is 1.14. The number of carboxylic acid groups (broad SMARTS) is 1. The van der Waals surface area contributed by atoms with Gasteiger partial charge in [0.1, 0.15) is 5.56 Å². The van der Waals surface area contributed by atoms with Gasteiger partial charge in [0, 0.05) is 0 Å². The minimum atomic E-state index is -1.85. The molecule has 0 saturated carbocycles. The number of rotatable bonds is 7. The van der Waals surface area contributed by atoms with Crippen LogP contribution in [-0.2, 0) is 14.3 Å². The van der Waals surface area contributed by atoms with Crippen LogP contribution < -0.4 is 4.74 Å². The van der Waals surface area contributed by atoms with E-state index in [1.54, 1.807) is 0 Å². The summed E-state index contributed by atoms with van der Waals surface area (Å²) in [5.74, 6) is -4.09. The molecule has 0 amide bonds. The van der Waals surface area contributed by atoms with Crippen molar-refractivity contribution in [2.45, 2.75) is 34.1 Å². The molecule has 0 radical (unpaired) electrons. The first kappa shape index (κ1) is 23.5. The van der Waals surface area contributed by atoms with E-state index >= 15 is 0 Å². The molecule has 0 heterocycles. The van der Waals surface area contributed by atoms with Crippen LogP contribution >= 0.6 is 34.8 Å². The van der Waals surface area contributed by atoms with Gasteiger partial charge in [0.05, 0.1) is 21.7 Å². The highest BCUT2D eigenvalue weighted by Gasteiger charge is 2.29. The van der Waals surface area contributed by atoms with Crippen molar-refractivity contribution in [1.29, 1.82) is 0 Å². The number of carboxylic acids is 1. The maximum atomic E-state index is 12.6. The van der Waals surface area contributed by atoms with Crippen LogP contribution in [0.1, 0.15) is 44.5 Å². The Bertz CT molecular complexity index is 732. The zero-order valence-electron chi connectivity index (χ0n) is 15.3. The third-order valence-corrected chi connectivity index (χ3v) is 5.30. The number of halogens is 3. The molecule has 1 N–H and O–H groups in total. The van der Waals surface area contributed by atoms with E-state index < -0.39 is 29.2 Å². The molecule has 0 aliphatic rings. The van der Waals surface area contributed by atoms with Gasteiger partial charge >= 0.3 is 17.9 Å². The minimum absolute atomic E-state index is 0.0644. The fourth-order valence-corrected chi connectivity index (χ4v) is 3.65. The van der Waals surface area contributed by atoms with Gasteiger partial charge in [0.15, 0.2) is 5.75 Å². The van der Waals surface area contributed by atoms with E-state index in [4.69, 9.17) is 49.4 Å². The number of carbonyl (C=O) groups excluding carboxylic acids is 2. The lowest BCUT2D eigenvalue weighted by molar-refractivity contribution is -0.158. The van der Waals surface area contributed by atoms with Crippen molar-refractivity contribution in [3.05, 3.63) is 26.7 Å². The first-order chi connectivity index (χ1) is 12.5. The Morgan fingerprint density at radius 3 is 2.19 bits per heavy atom. The molecule has 0 saturated heterocycles. The Morgan fingerprint density at radius 1 is 1.11 bits per heavy atom. The van der Waals surface area contributed by atoms with Crippen molar-refractivity contribution in [2.75, 3.05) is 6.61 Å². The van der Waals surface area contributed by atoms with Gasteiger partial charge < -0.3 is 14.6 Å². The van der Waals surface area contributed by atoms with Crippen molar-refractivity contribution in [3.63, 3.8) is 0 Å². The van der Waals surface area contributed by atoms with Gasteiger partial charge in [0.25, 0.3) is 0 Å². The van der Waals surface area contributed by atoms with Gasteiger partial charge in [-0.3, -0.25) is 0 Å². The van der Waals surface area contributed by atoms with Gasteiger partial charge in [-0.15, -0.1) is 0 Å². The third kappa shape index (κ3) is 5.99. The number of aliphatic carboxylic acids is 1.